The lowest BCUT2D eigenvalue weighted by Crippen LogP contribution is -2.43. The predicted molar refractivity (Wildman–Crippen MR) is 116 cm³/mol. The summed E-state index contributed by atoms with van der Waals surface area (Å²) in [4.78, 5) is 27.5. The fourth-order valence-electron chi connectivity index (χ4n) is 3.42. The van der Waals surface area contributed by atoms with Crippen molar-refractivity contribution in [1.82, 2.24) is 5.32 Å². The SMILES string of the molecule is C#CC(=O)N(c1ccc2c(c1)OCO2)C(C(=O)NCc1ccccc1)c1ccccc1. The largest absolute Gasteiger partial charge is 0.454 e. The second kappa shape index (κ2) is 9.06. The van der Waals surface area contributed by atoms with Crippen molar-refractivity contribution in [1.29, 1.82) is 0 Å². The molecule has 154 valence electrons. The Balaban J connectivity index is 1.71. The Labute approximate surface area is 180 Å². The molecule has 1 heterocycles. The van der Waals surface area contributed by atoms with Crippen LogP contribution in [-0.2, 0) is 16.1 Å². The molecule has 0 radical (unpaired) electrons. The number of nitrogens with one attached hydrogen (secondary N) is 1. The molecule has 0 saturated carbocycles. The maximum atomic E-state index is 13.4. The van der Waals surface area contributed by atoms with Crippen molar-refractivity contribution < 1.29 is 19.1 Å². The minimum absolute atomic E-state index is 0.0988. The molecule has 1 N–H and O–H groups in total. The minimum Gasteiger partial charge on any atom is -0.454 e. The van der Waals surface area contributed by atoms with Crippen molar-refractivity contribution in [3.63, 3.8) is 0 Å². The number of rotatable bonds is 6. The van der Waals surface area contributed by atoms with Crippen LogP contribution in [0.15, 0.2) is 78.9 Å². The first kappa shape index (κ1) is 20.0. The van der Waals surface area contributed by atoms with E-state index < -0.39 is 11.9 Å². The van der Waals surface area contributed by atoms with Crippen LogP contribution in [0.2, 0.25) is 0 Å². The summed E-state index contributed by atoms with van der Waals surface area (Å²) in [6.07, 6.45) is 5.48. The number of terminal acetylenes is 1. The average Bonchev–Trinajstić information content (AvgIpc) is 3.29. The van der Waals surface area contributed by atoms with Gasteiger partial charge in [0.15, 0.2) is 11.5 Å². The Morgan fingerprint density at radius 1 is 0.968 bits per heavy atom. The number of ether oxygens (including phenoxy) is 2. The van der Waals surface area contributed by atoms with Crippen molar-refractivity contribution in [2.75, 3.05) is 11.7 Å². The third-order valence-corrected chi connectivity index (χ3v) is 4.91. The molecule has 6 heteroatoms. The van der Waals surface area contributed by atoms with E-state index >= 15 is 0 Å². The lowest BCUT2D eigenvalue weighted by Gasteiger charge is -2.30. The number of carbonyl (C=O) groups is 2. The molecule has 1 unspecified atom stereocenters. The molecule has 1 atom stereocenters. The molecule has 0 aromatic heterocycles. The fraction of sp³-hybridized carbons (Fsp3) is 0.120. The van der Waals surface area contributed by atoms with E-state index in [9.17, 15) is 9.59 Å². The standard InChI is InChI=1S/C25H20N2O4/c1-2-23(28)27(20-13-14-21-22(15-20)31-17-30-21)24(19-11-7-4-8-12-19)25(29)26-16-18-9-5-3-6-10-18/h1,3-15,24H,16-17H2,(H,26,29). The summed E-state index contributed by atoms with van der Waals surface area (Å²) in [7, 11) is 0. The van der Waals surface area contributed by atoms with Crippen molar-refractivity contribution in [3.05, 3.63) is 90.0 Å². The van der Waals surface area contributed by atoms with Gasteiger partial charge in [-0.05, 0) is 29.2 Å². The third kappa shape index (κ3) is 4.36. The average molecular weight is 412 g/mol. The van der Waals surface area contributed by atoms with Gasteiger partial charge < -0.3 is 14.8 Å². The molecule has 3 aromatic rings. The number of benzene rings is 3. The van der Waals surface area contributed by atoms with E-state index in [1.165, 1.54) is 4.90 Å². The van der Waals surface area contributed by atoms with Gasteiger partial charge in [-0.1, -0.05) is 60.7 Å². The van der Waals surface area contributed by atoms with E-state index in [0.717, 1.165) is 5.56 Å². The van der Waals surface area contributed by atoms with E-state index in [0.29, 0.717) is 29.3 Å². The summed E-state index contributed by atoms with van der Waals surface area (Å²) >= 11 is 0. The molecule has 3 aromatic carbocycles. The highest BCUT2D eigenvalue weighted by Gasteiger charge is 2.33. The molecule has 0 bridgehead atoms. The molecule has 0 aliphatic carbocycles. The number of fused-ring (bicyclic) bond motifs is 1. The highest BCUT2D eigenvalue weighted by Crippen LogP contribution is 2.38. The van der Waals surface area contributed by atoms with Gasteiger partial charge in [0, 0.05) is 18.3 Å². The van der Waals surface area contributed by atoms with Crippen LogP contribution < -0.4 is 19.7 Å². The molecule has 2 amide bonds. The van der Waals surface area contributed by atoms with Gasteiger partial charge in [-0.15, -0.1) is 6.42 Å². The van der Waals surface area contributed by atoms with Crippen molar-refractivity contribution >= 4 is 17.5 Å². The predicted octanol–water partition coefficient (Wildman–Crippen LogP) is 3.44. The summed E-state index contributed by atoms with van der Waals surface area (Å²) in [6, 6.07) is 22.6. The summed E-state index contributed by atoms with van der Waals surface area (Å²) < 4.78 is 10.8. The van der Waals surface area contributed by atoms with Crippen LogP contribution in [0.25, 0.3) is 0 Å². The van der Waals surface area contributed by atoms with Gasteiger partial charge in [-0.3, -0.25) is 14.5 Å². The monoisotopic (exact) mass is 412 g/mol. The van der Waals surface area contributed by atoms with Gasteiger partial charge in [0.25, 0.3) is 0 Å². The zero-order valence-corrected chi connectivity index (χ0v) is 16.7. The van der Waals surface area contributed by atoms with E-state index in [2.05, 4.69) is 11.2 Å². The quantitative estimate of drug-likeness (QED) is 0.630. The third-order valence-electron chi connectivity index (χ3n) is 4.91. The number of anilines is 1. The van der Waals surface area contributed by atoms with Gasteiger partial charge in [0.05, 0.1) is 0 Å². The van der Waals surface area contributed by atoms with Crippen LogP contribution in [-0.4, -0.2) is 18.6 Å². The molecule has 1 aliphatic heterocycles. The molecule has 0 saturated heterocycles. The Bertz CT molecular complexity index is 1120. The molecular weight excluding hydrogens is 392 g/mol. The summed E-state index contributed by atoms with van der Waals surface area (Å²) in [5.74, 6) is 2.22. The first-order valence-corrected chi connectivity index (χ1v) is 9.73. The number of carbonyl (C=O) groups excluding carboxylic acids is 2. The van der Waals surface area contributed by atoms with Gasteiger partial charge in [0.1, 0.15) is 6.04 Å². The second-order valence-corrected chi connectivity index (χ2v) is 6.87. The van der Waals surface area contributed by atoms with E-state index in [1.54, 1.807) is 30.3 Å². The van der Waals surface area contributed by atoms with E-state index in [4.69, 9.17) is 15.9 Å². The number of hydrogen-bond donors (Lipinski definition) is 1. The molecule has 0 fully saturated rings. The van der Waals surface area contributed by atoms with Gasteiger partial charge in [0.2, 0.25) is 12.7 Å². The number of nitrogens with zero attached hydrogens (tertiary/aromatic N) is 1. The van der Waals surface area contributed by atoms with E-state index in [1.807, 2.05) is 48.5 Å². The molecule has 4 rings (SSSR count). The molecular formula is C25H20N2O4. The van der Waals surface area contributed by atoms with Gasteiger partial charge >= 0.3 is 5.91 Å². The van der Waals surface area contributed by atoms with Crippen LogP contribution in [0.1, 0.15) is 17.2 Å². The highest BCUT2D eigenvalue weighted by molar-refractivity contribution is 6.09. The second-order valence-electron chi connectivity index (χ2n) is 6.87. The zero-order chi connectivity index (χ0) is 21.6. The highest BCUT2D eigenvalue weighted by atomic mass is 16.7. The first-order valence-electron chi connectivity index (χ1n) is 9.73. The lowest BCUT2D eigenvalue weighted by molar-refractivity contribution is -0.125. The molecule has 0 spiro atoms. The maximum absolute atomic E-state index is 13.4. The summed E-state index contributed by atoms with van der Waals surface area (Å²) in [5.41, 5.74) is 2.02. The van der Waals surface area contributed by atoms with Crippen LogP contribution in [0.5, 0.6) is 11.5 Å². The smallest absolute Gasteiger partial charge is 0.303 e. The van der Waals surface area contributed by atoms with Crippen molar-refractivity contribution in [2.45, 2.75) is 12.6 Å². The van der Waals surface area contributed by atoms with Crippen LogP contribution in [0.4, 0.5) is 5.69 Å². The molecule has 6 nitrogen and oxygen atoms in total. The van der Waals surface area contributed by atoms with Gasteiger partial charge in [-0.2, -0.15) is 0 Å². The first-order chi connectivity index (χ1) is 15.2. The number of hydrogen-bond acceptors (Lipinski definition) is 4. The minimum atomic E-state index is -0.964. The Morgan fingerprint density at radius 2 is 1.65 bits per heavy atom. The molecule has 1 aliphatic rings. The normalized spacial score (nSPS) is 12.5. The fourth-order valence-corrected chi connectivity index (χ4v) is 3.42. The van der Waals surface area contributed by atoms with Crippen LogP contribution >= 0.6 is 0 Å². The van der Waals surface area contributed by atoms with Crippen molar-refractivity contribution in [2.24, 2.45) is 0 Å². The lowest BCUT2D eigenvalue weighted by atomic mass is 10.0. The van der Waals surface area contributed by atoms with Crippen molar-refractivity contribution in [3.8, 4) is 23.8 Å². The summed E-state index contributed by atoms with van der Waals surface area (Å²) in [5, 5.41) is 2.92. The Hall–Kier alpha value is -4.24. The Morgan fingerprint density at radius 3 is 2.35 bits per heavy atom. The summed E-state index contributed by atoms with van der Waals surface area (Å²) in [6.45, 7) is 0.420. The maximum Gasteiger partial charge on any atom is 0.303 e. The topological polar surface area (TPSA) is 67.9 Å². The van der Waals surface area contributed by atoms with E-state index in [-0.39, 0.29) is 12.7 Å². The molecule has 31 heavy (non-hydrogen) atoms. The van der Waals surface area contributed by atoms with Crippen LogP contribution in [0.3, 0.4) is 0 Å². The number of amides is 2. The Kier molecular flexibility index (Phi) is 5.86. The van der Waals surface area contributed by atoms with Gasteiger partial charge in [-0.25, -0.2) is 0 Å². The van der Waals surface area contributed by atoms with Crippen LogP contribution in [0, 0.1) is 12.3 Å². The zero-order valence-electron chi connectivity index (χ0n) is 16.7.